The first-order chi connectivity index (χ1) is 21.1. The number of aliphatic hydroxyl groups excluding tert-OH is 2. The lowest BCUT2D eigenvalue weighted by Gasteiger charge is -2.47. The summed E-state index contributed by atoms with van der Waals surface area (Å²) in [6, 6.07) is 1.82. The Bertz CT molecular complexity index is 1370. The lowest BCUT2D eigenvalue weighted by Crippen LogP contribution is -2.51. The summed E-state index contributed by atoms with van der Waals surface area (Å²) in [4.78, 5) is 16.7. The number of phenols is 6. The second-order valence-electron chi connectivity index (χ2n) is 12.4. The number of hydrogen-bond acceptors (Lipinski definition) is 11. The molecule has 0 bridgehead atoms. The zero-order chi connectivity index (χ0) is 31.5. The molecule has 12 heteroatoms. The minimum Gasteiger partial charge on any atom is -0.507 e. The zero-order valence-electron chi connectivity index (χ0n) is 24.5. The van der Waals surface area contributed by atoms with Crippen LogP contribution in [0.25, 0.3) is 0 Å². The number of aliphatic imine (C=N–C) groups is 1. The fourth-order valence-electron chi connectivity index (χ4n) is 7.07. The number of anilines is 1. The summed E-state index contributed by atoms with van der Waals surface area (Å²) < 4.78 is 5.51. The molecule has 2 atom stereocenters. The molecule has 1 amide bonds. The van der Waals surface area contributed by atoms with E-state index >= 15 is 0 Å². The molecular formula is C32H42N2O10. The molecule has 9 N–H and O–H groups in total. The van der Waals surface area contributed by atoms with Crippen LogP contribution in [0.4, 0.5) is 11.4 Å². The van der Waals surface area contributed by atoms with E-state index < -0.39 is 64.4 Å². The molecule has 3 aliphatic carbocycles. The minimum absolute atomic E-state index is 0.184. The van der Waals surface area contributed by atoms with E-state index in [0.717, 1.165) is 76.3 Å². The molecule has 3 aliphatic rings. The molecule has 0 radical (unpaired) electrons. The zero-order valence-corrected chi connectivity index (χ0v) is 24.5. The van der Waals surface area contributed by atoms with Crippen LogP contribution in [0.3, 0.4) is 0 Å². The predicted molar refractivity (Wildman–Crippen MR) is 161 cm³/mol. The number of ether oxygens (including phenoxy) is 1. The van der Waals surface area contributed by atoms with Crippen molar-refractivity contribution in [3.8, 4) is 34.5 Å². The smallest absolute Gasteiger partial charge is 0.224 e. The number of aliphatic hydroxyl groups is 2. The number of benzene rings is 2. The van der Waals surface area contributed by atoms with Crippen molar-refractivity contribution in [3.63, 3.8) is 0 Å². The Morgan fingerprint density at radius 1 is 0.750 bits per heavy atom. The fraction of sp³-hybridized carbons (Fsp3) is 0.562. The SMILES string of the molecule is O=C(CC1CCCCC1)Nc1c(O)cc(O)c(C2C(O)C(c3c(O)cc(O)c(N=COCC4CCCCC4)c3O)C2O)c1O. The molecule has 2 aromatic carbocycles. The Morgan fingerprint density at radius 2 is 1.27 bits per heavy atom. The van der Waals surface area contributed by atoms with E-state index in [4.69, 9.17) is 4.74 Å². The molecular weight excluding hydrogens is 572 g/mol. The van der Waals surface area contributed by atoms with Gasteiger partial charge >= 0.3 is 0 Å². The number of aromatic hydroxyl groups is 6. The van der Waals surface area contributed by atoms with Gasteiger partial charge < -0.3 is 50.9 Å². The van der Waals surface area contributed by atoms with Crippen molar-refractivity contribution in [2.45, 2.75) is 94.7 Å². The average Bonchev–Trinajstić information content (AvgIpc) is 2.99. The van der Waals surface area contributed by atoms with Crippen molar-refractivity contribution in [1.82, 2.24) is 0 Å². The van der Waals surface area contributed by atoms with Gasteiger partial charge in [0.1, 0.15) is 34.4 Å². The van der Waals surface area contributed by atoms with Crippen LogP contribution >= 0.6 is 0 Å². The Balaban J connectivity index is 1.34. The van der Waals surface area contributed by atoms with Crippen molar-refractivity contribution in [2.75, 3.05) is 11.9 Å². The third-order valence-electron chi connectivity index (χ3n) is 9.48. The number of hydrogen-bond donors (Lipinski definition) is 9. The Kier molecular flexibility index (Phi) is 9.59. The van der Waals surface area contributed by atoms with Gasteiger partial charge in [0.2, 0.25) is 5.91 Å². The van der Waals surface area contributed by atoms with E-state index in [9.17, 15) is 45.6 Å². The van der Waals surface area contributed by atoms with Gasteiger partial charge in [-0.2, -0.15) is 0 Å². The number of carbonyl (C=O) groups is 1. The Morgan fingerprint density at radius 3 is 1.86 bits per heavy atom. The monoisotopic (exact) mass is 614 g/mol. The first-order valence-electron chi connectivity index (χ1n) is 15.4. The van der Waals surface area contributed by atoms with Crippen LogP contribution < -0.4 is 5.32 Å². The van der Waals surface area contributed by atoms with E-state index in [-0.39, 0.29) is 34.8 Å². The van der Waals surface area contributed by atoms with Gasteiger partial charge in [-0.05, 0) is 37.5 Å². The van der Waals surface area contributed by atoms with Crippen LogP contribution in [0.1, 0.15) is 93.6 Å². The maximum Gasteiger partial charge on any atom is 0.224 e. The van der Waals surface area contributed by atoms with Crippen LogP contribution in [-0.2, 0) is 9.53 Å². The van der Waals surface area contributed by atoms with Gasteiger partial charge in [-0.3, -0.25) is 4.79 Å². The van der Waals surface area contributed by atoms with E-state index in [2.05, 4.69) is 10.3 Å². The number of carbonyl (C=O) groups excluding carboxylic acids is 1. The van der Waals surface area contributed by atoms with E-state index in [0.29, 0.717) is 12.5 Å². The third-order valence-corrected chi connectivity index (χ3v) is 9.48. The van der Waals surface area contributed by atoms with Gasteiger partial charge in [0.25, 0.3) is 0 Å². The second kappa shape index (κ2) is 13.4. The summed E-state index contributed by atoms with van der Waals surface area (Å²) in [6.07, 6.45) is 8.75. The highest BCUT2D eigenvalue weighted by Crippen LogP contribution is 2.59. The molecule has 12 nitrogen and oxygen atoms in total. The van der Waals surface area contributed by atoms with Crippen molar-refractivity contribution >= 4 is 23.7 Å². The number of nitrogens with one attached hydrogen (secondary N) is 1. The molecule has 0 aromatic heterocycles. The van der Waals surface area contributed by atoms with Gasteiger partial charge in [0.05, 0.1) is 18.8 Å². The molecule has 3 fully saturated rings. The Labute approximate surface area is 255 Å². The van der Waals surface area contributed by atoms with Crippen LogP contribution in [0.2, 0.25) is 0 Å². The predicted octanol–water partition coefficient (Wildman–Crippen LogP) is 4.69. The summed E-state index contributed by atoms with van der Waals surface area (Å²) in [7, 11) is 0. The summed E-state index contributed by atoms with van der Waals surface area (Å²) in [5, 5.41) is 88.7. The number of amides is 1. The van der Waals surface area contributed by atoms with Gasteiger partial charge in [0, 0.05) is 41.5 Å². The number of phenolic OH excluding ortho intramolecular Hbond substituents is 6. The molecule has 0 saturated heterocycles. The molecule has 240 valence electrons. The molecule has 2 aromatic rings. The standard InChI is InChI=1S/C32H42N2O10/c35-18-12-20(37)27(33-15-44-14-17-9-5-2-6-10-17)31(42)23(18)25-29(40)26(30(25)41)24-19(36)13-21(38)28(32(24)43)34-22(39)11-16-7-3-1-4-8-16/h12-13,15-17,25-26,29-30,35-38,40-43H,1-11,14H2,(H,34,39). The number of rotatable bonds is 9. The van der Waals surface area contributed by atoms with Crippen molar-refractivity contribution in [2.24, 2.45) is 16.8 Å². The number of nitrogens with zero attached hydrogens (tertiary/aromatic N) is 1. The van der Waals surface area contributed by atoms with Gasteiger partial charge in [0.15, 0.2) is 17.8 Å². The molecule has 2 unspecified atom stereocenters. The first kappa shape index (κ1) is 31.5. The summed E-state index contributed by atoms with van der Waals surface area (Å²) in [6.45, 7) is 0.431. The molecule has 3 saturated carbocycles. The van der Waals surface area contributed by atoms with Crippen molar-refractivity contribution in [1.29, 1.82) is 0 Å². The van der Waals surface area contributed by atoms with Crippen molar-refractivity contribution < 1.29 is 50.4 Å². The van der Waals surface area contributed by atoms with E-state index in [1.807, 2.05) is 0 Å². The van der Waals surface area contributed by atoms with Crippen molar-refractivity contribution in [3.05, 3.63) is 23.3 Å². The van der Waals surface area contributed by atoms with Gasteiger partial charge in [-0.15, -0.1) is 0 Å². The topological polar surface area (TPSA) is 213 Å². The van der Waals surface area contributed by atoms with Crippen LogP contribution in [0.15, 0.2) is 17.1 Å². The molecule has 0 aliphatic heterocycles. The minimum atomic E-state index is -1.56. The van der Waals surface area contributed by atoms with Gasteiger partial charge in [-0.25, -0.2) is 4.99 Å². The highest BCUT2D eigenvalue weighted by Gasteiger charge is 2.54. The third kappa shape index (κ3) is 6.32. The molecule has 0 heterocycles. The van der Waals surface area contributed by atoms with E-state index in [1.165, 1.54) is 6.42 Å². The lowest BCUT2D eigenvalue weighted by molar-refractivity contribution is -0.117. The maximum atomic E-state index is 12.7. The van der Waals surface area contributed by atoms with Gasteiger partial charge in [-0.1, -0.05) is 38.5 Å². The Hall–Kier alpha value is -3.90. The summed E-state index contributed by atoms with van der Waals surface area (Å²) >= 11 is 0. The first-order valence-corrected chi connectivity index (χ1v) is 15.4. The molecule has 5 rings (SSSR count). The highest BCUT2D eigenvalue weighted by molar-refractivity contribution is 5.95. The van der Waals surface area contributed by atoms with Crippen LogP contribution in [0, 0.1) is 11.8 Å². The van der Waals surface area contributed by atoms with E-state index in [1.54, 1.807) is 0 Å². The second-order valence-corrected chi connectivity index (χ2v) is 12.4. The molecule has 44 heavy (non-hydrogen) atoms. The highest BCUT2D eigenvalue weighted by atomic mass is 16.5. The summed E-state index contributed by atoms with van der Waals surface area (Å²) in [5.41, 5.74) is -1.30. The normalized spacial score (nSPS) is 24.7. The lowest BCUT2D eigenvalue weighted by atomic mass is 9.62. The summed E-state index contributed by atoms with van der Waals surface area (Å²) in [5.74, 6) is -6.29. The van der Waals surface area contributed by atoms with Crippen LogP contribution in [0.5, 0.6) is 34.5 Å². The van der Waals surface area contributed by atoms with Crippen LogP contribution in [-0.4, -0.2) is 72.0 Å². The maximum absolute atomic E-state index is 12.7. The largest absolute Gasteiger partial charge is 0.507 e. The molecule has 0 spiro atoms. The average molecular weight is 615 g/mol. The quantitative estimate of drug-likeness (QED) is 0.0822. The fourth-order valence-corrected chi connectivity index (χ4v) is 7.07.